The molecule has 1 saturated heterocycles. The third kappa shape index (κ3) is 2.85. The second kappa shape index (κ2) is 6.21. The van der Waals surface area contributed by atoms with Crippen molar-refractivity contribution >= 4 is 5.69 Å². The van der Waals surface area contributed by atoms with Crippen LogP contribution in [0.15, 0.2) is 24.3 Å². The van der Waals surface area contributed by atoms with Gasteiger partial charge in [-0.05, 0) is 37.3 Å². The molecule has 3 heteroatoms. The van der Waals surface area contributed by atoms with Crippen molar-refractivity contribution < 1.29 is 4.74 Å². The highest BCUT2D eigenvalue weighted by Crippen LogP contribution is 2.27. The Morgan fingerprint density at radius 1 is 1.33 bits per heavy atom. The third-order valence-corrected chi connectivity index (χ3v) is 4.04. The molecule has 0 saturated carbocycles. The first-order chi connectivity index (χ1) is 8.74. The van der Waals surface area contributed by atoms with Gasteiger partial charge in [0.15, 0.2) is 0 Å². The van der Waals surface area contributed by atoms with Gasteiger partial charge in [-0.25, -0.2) is 0 Å². The summed E-state index contributed by atoms with van der Waals surface area (Å²) in [5.74, 6) is 0.647. The molecule has 3 nitrogen and oxygen atoms in total. The fraction of sp³-hybridized carbons (Fsp3) is 0.600. The van der Waals surface area contributed by atoms with Crippen molar-refractivity contribution in [2.75, 3.05) is 31.7 Å². The van der Waals surface area contributed by atoms with E-state index in [9.17, 15) is 0 Å². The molecule has 1 aromatic carbocycles. The zero-order valence-electron chi connectivity index (χ0n) is 11.4. The maximum Gasteiger partial charge on any atom is 0.0469 e. The molecule has 0 bridgehead atoms. The van der Waals surface area contributed by atoms with Crippen LogP contribution in [0.4, 0.5) is 5.69 Å². The van der Waals surface area contributed by atoms with Crippen LogP contribution in [0.1, 0.15) is 18.4 Å². The Bertz CT molecular complexity index is 375. The number of aryl methyl sites for hydroxylation is 1. The number of hydrogen-bond acceptors (Lipinski definition) is 3. The van der Waals surface area contributed by atoms with E-state index in [1.54, 1.807) is 0 Å². The summed E-state index contributed by atoms with van der Waals surface area (Å²) >= 11 is 0. The molecule has 1 aliphatic heterocycles. The van der Waals surface area contributed by atoms with Gasteiger partial charge in [-0.15, -0.1) is 0 Å². The monoisotopic (exact) mass is 248 g/mol. The largest absolute Gasteiger partial charge is 0.381 e. The quantitative estimate of drug-likeness (QED) is 0.887. The highest BCUT2D eigenvalue weighted by Gasteiger charge is 2.26. The van der Waals surface area contributed by atoms with Crippen molar-refractivity contribution in [1.29, 1.82) is 0 Å². The second-order valence-electron chi connectivity index (χ2n) is 5.15. The lowest BCUT2D eigenvalue weighted by atomic mass is 9.90. The molecule has 1 fully saturated rings. The molecular formula is C15H24N2O. The van der Waals surface area contributed by atoms with E-state index < -0.39 is 0 Å². The van der Waals surface area contributed by atoms with Crippen LogP contribution in [0.3, 0.4) is 0 Å². The van der Waals surface area contributed by atoms with Crippen LogP contribution < -0.4 is 10.6 Å². The molecule has 2 rings (SSSR count). The number of nitrogens with two attached hydrogens (primary N) is 1. The van der Waals surface area contributed by atoms with Gasteiger partial charge in [-0.2, -0.15) is 0 Å². The van der Waals surface area contributed by atoms with E-state index in [2.05, 4.69) is 43.1 Å². The highest BCUT2D eigenvalue weighted by atomic mass is 16.5. The maximum atomic E-state index is 6.01. The lowest BCUT2D eigenvalue weighted by molar-refractivity contribution is 0.0588. The molecule has 0 aliphatic carbocycles. The third-order valence-electron chi connectivity index (χ3n) is 4.04. The number of para-hydroxylation sites is 1. The summed E-state index contributed by atoms with van der Waals surface area (Å²) < 4.78 is 5.44. The van der Waals surface area contributed by atoms with Gasteiger partial charge in [-0.3, -0.25) is 0 Å². The van der Waals surface area contributed by atoms with E-state index in [1.807, 2.05) is 0 Å². The van der Waals surface area contributed by atoms with Crippen LogP contribution in [-0.2, 0) is 4.74 Å². The van der Waals surface area contributed by atoms with Gasteiger partial charge in [-0.1, -0.05) is 18.2 Å². The van der Waals surface area contributed by atoms with Gasteiger partial charge < -0.3 is 15.4 Å². The molecule has 100 valence electrons. The van der Waals surface area contributed by atoms with Crippen molar-refractivity contribution in [3.63, 3.8) is 0 Å². The zero-order chi connectivity index (χ0) is 13.0. The minimum absolute atomic E-state index is 0.412. The SMILES string of the molecule is Cc1ccccc1N(C)C(CN)C1CCOCC1. The Labute approximate surface area is 110 Å². The van der Waals surface area contributed by atoms with Crippen LogP contribution >= 0.6 is 0 Å². The molecule has 18 heavy (non-hydrogen) atoms. The molecule has 1 aliphatic rings. The molecule has 0 aromatic heterocycles. The van der Waals surface area contributed by atoms with Crippen molar-refractivity contribution in [2.45, 2.75) is 25.8 Å². The van der Waals surface area contributed by atoms with Gasteiger partial charge in [0.25, 0.3) is 0 Å². The number of nitrogens with zero attached hydrogens (tertiary/aromatic N) is 1. The fourth-order valence-electron chi connectivity index (χ4n) is 2.91. The number of ether oxygens (including phenoxy) is 1. The number of likely N-dealkylation sites (N-methyl/N-ethyl adjacent to an activating group) is 1. The molecule has 1 unspecified atom stereocenters. The fourth-order valence-corrected chi connectivity index (χ4v) is 2.91. The maximum absolute atomic E-state index is 6.01. The van der Waals surface area contributed by atoms with Crippen molar-refractivity contribution in [1.82, 2.24) is 0 Å². The van der Waals surface area contributed by atoms with E-state index in [0.717, 1.165) is 26.1 Å². The standard InChI is InChI=1S/C15H24N2O/c1-12-5-3-4-6-14(12)17(2)15(11-16)13-7-9-18-10-8-13/h3-6,13,15H,7-11,16H2,1-2H3. The summed E-state index contributed by atoms with van der Waals surface area (Å²) in [5, 5.41) is 0. The van der Waals surface area contributed by atoms with E-state index in [-0.39, 0.29) is 0 Å². The Morgan fingerprint density at radius 2 is 2.00 bits per heavy atom. The summed E-state index contributed by atoms with van der Waals surface area (Å²) in [6.45, 7) is 4.62. The van der Waals surface area contributed by atoms with E-state index in [0.29, 0.717) is 18.5 Å². The van der Waals surface area contributed by atoms with Gasteiger partial charge in [0.1, 0.15) is 0 Å². The average Bonchev–Trinajstić information content (AvgIpc) is 2.41. The lowest BCUT2D eigenvalue weighted by Crippen LogP contribution is -2.45. The minimum Gasteiger partial charge on any atom is -0.381 e. The molecule has 2 N–H and O–H groups in total. The molecule has 1 atom stereocenters. The smallest absolute Gasteiger partial charge is 0.0469 e. The van der Waals surface area contributed by atoms with Gasteiger partial charge in [0, 0.05) is 38.5 Å². The number of benzene rings is 1. The molecular weight excluding hydrogens is 224 g/mol. The number of hydrogen-bond donors (Lipinski definition) is 1. The Morgan fingerprint density at radius 3 is 2.61 bits per heavy atom. The number of rotatable bonds is 4. The first kappa shape index (κ1) is 13.4. The highest BCUT2D eigenvalue weighted by molar-refractivity contribution is 5.53. The molecule has 1 aromatic rings. The van der Waals surface area contributed by atoms with Gasteiger partial charge in [0.2, 0.25) is 0 Å². The van der Waals surface area contributed by atoms with Crippen LogP contribution in [0, 0.1) is 12.8 Å². The van der Waals surface area contributed by atoms with E-state index >= 15 is 0 Å². The van der Waals surface area contributed by atoms with Gasteiger partial charge in [0.05, 0.1) is 0 Å². The summed E-state index contributed by atoms with van der Waals surface area (Å²) in [6, 6.07) is 8.92. The summed E-state index contributed by atoms with van der Waals surface area (Å²) in [7, 11) is 2.16. The van der Waals surface area contributed by atoms with Crippen molar-refractivity contribution in [3.05, 3.63) is 29.8 Å². The molecule has 1 heterocycles. The Kier molecular flexibility index (Phi) is 4.61. The predicted molar refractivity (Wildman–Crippen MR) is 76.0 cm³/mol. The van der Waals surface area contributed by atoms with Crippen LogP contribution in [0.25, 0.3) is 0 Å². The van der Waals surface area contributed by atoms with Crippen LogP contribution in [0.2, 0.25) is 0 Å². The van der Waals surface area contributed by atoms with Crippen molar-refractivity contribution in [2.24, 2.45) is 11.7 Å². The lowest BCUT2D eigenvalue weighted by Gasteiger charge is -2.37. The van der Waals surface area contributed by atoms with Crippen LogP contribution in [-0.4, -0.2) is 32.8 Å². The predicted octanol–water partition coefficient (Wildman–Crippen LogP) is 2.19. The molecule has 0 spiro atoms. The zero-order valence-corrected chi connectivity index (χ0v) is 11.4. The summed E-state index contributed by atoms with van der Waals surface area (Å²) in [6.07, 6.45) is 2.25. The first-order valence-corrected chi connectivity index (χ1v) is 6.80. The summed E-state index contributed by atoms with van der Waals surface area (Å²) in [4.78, 5) is 2.35. The minimum atomic E-state index is 0.412. The Hall–Kier alpha value is -1.06. The topological polar surface area (TPSA) is 38.5 Å². The normalized spacial score (nSPS) is 18.6. The van der Waals surface area contributed by atoms with Crippen molar-refractivity contribution in [3.8, 4) is 0 Å². The second-order valence-corrected chi connectivity index (χ2v) is 5.15. The summed E-state index contributed by atoms with van der Waals surface area (Å²) in [5.41, 5.74) is 8.61. The number of anilines is 1. The first-order valence-electron chi connectivity index (χ1n) is 6.80. The van der Waals surface area contributed by atoms with E-state index in [4.69, 9.17) is 10.5 Å². The van der Waals surface area contributed by atoms with Crippen LogP contribution in [0.5, 0.6) is 0 Å². The molecule has 0 radical (unpaired) electrons. The average molecular weight is 248 g/mol. The van der Waals surface area contributed by atoms with E-state index in [1.165, 1.54) is 11.3 Å². The van der Waals surface area contributed by atoms with Gasteiger partial charge >= 0.3 is 0 Å². The Balaban J connectivity index is 2.14. The molecule has 0 amide bonds.